The highest BCUT2D eigenvalue weighted by molar-refractivity contribution is 7.09. The predicted octanol–water partition coefficient (Wildman–Crippen LogP) is 5.10. The standard InChI is InChI=1S/C23H27ClN4OS/c1-2-3-7-14-25-22(29)17-28(16-19-8-5-4-6-9-19)23-26-21(27-30-23)15-18-10-12-20(24)13-11-18/h4-6,8-13H,2-3,7,14-17H2,1H3,(H,25,29). The average molecular weight is 443 g/mol. The molecule has 1 aromatic heterocycles. The highest BCUT2D eigenvalue weighted by atomic mass is 35.5. The number of rotatable bonds is 11. The number of anilines is 1. The number of hydrogen-bond acceptors (Lipinski definition) is 5. The number of halogens is 1. The van der Waals surface area contributed by atoms with Gasteiger partial charge in [0.1, 0.15) is 5.82 Å². The van der Waals surface area contributed by atoms with E-state index in [1.807, 2.05) is 47.4 Å². The molecule has 0 aliphatic heterocycles. The van der Waals surface area contributed by atoms with E-state index in [1.54, 1.807) is 0 Å². The molecule has 1 heterocycles. The van der Waals surface area contributed by atoms with Crippen molar-refractivity contribution in [3.63, 3.8) is 0 Å². The number of unbranched alkanes of at least 4 members (excludes halogenated alkanes) is 2. The summed E-state index contributed by atoms with van der Waals surface area (Å²) in [6.45, 7) is 3.74. The summed E-state index contributed by atoms with van der Waals surface area (Å²) in [4.78, 5) is 19.2. The highest BCUT2D eigenvalue weighted by Gasteiger charge is 2.17. The van der Waals surface area contributed by atoms with Crippen LogP contribution in [0.25, 0.3) is 0 Å². The van der Waals surface area contributed by atoms with Crippen molar-refractivity contribution in [1.29, 1.82) is 0 Å². The van der Waals surface area contributed by atoms with Gasteiger partial charge in [-0.1, -0.05) is 73.8 Å². The number of nitrogens with zero attached hydrogens (tertiary/aromatic N) is 3. The third-order valence-corrected chi connectivity index (χ3v) is 5.72. The molecule has 0 radical (unpaired) electrons. The fraction of sp³-hybridized carbons (Fsp3) is 0.348. The molecule has 0 fully saturated rings. The number of aromatic nitrogens is 2. The van der Waals surface area contributed by atoms with E-state index in [4.69, 9.17) is 16.6 Å². The minimum absolute atomic E-state index is 0.0106. The molecule has 2 aromatic carbocycles. The lowest BCUT2D eigenvalue weighted by Gasteiger charge is -2.21. The Morgan fingerprint density at radius 1 is 1.07 bits per heavy atom. The molecule has 30 heavy (non-hydrogen) atoms. The molecule has 0 aliphatic rings. The average Bonchev–Trinajstić information content (AvgIpc) is 3.22. The van der Waals surface area contributed by atoms with Gasteiger partial charge >= 0.3 is 0 Å². The second-order valence-corrected chi connectivity index (χ2v) is 8.36. The first-order chi connectivity index (χ1) is 14.6. The number of carbonyl (C=O) groups is 1. The zero-order chi connectivity index (χ0) is 21.2. The molecular formula is C23H27ClN4OS. The summed E-state index contributed by atoms with van der Waals surface area (Å²) in [7, 11) is 0. The van der Waals surface area contributed by atoms with Crippen LogP contribution < -0.4 is 10.2 Å². The van der Waals surface area contributed by atoms with Gasteiger partial charge in [0.2, 0.25) is 11.0 Å². The van der Waals surface area contributed by atoms with E-state index in [1.165, 1.54) is 11.5 Å². The van der Waals surface area contributed by atoms with Crippen molar-refractivity contribution in [2.45, 2.75) is 39.2 Å². The molecule has 7 heteroatoms. The lowest BCUT2D eigenvalue weighted by Crippen LogP contribution is -2.37. The smallest absolute Gasteiger partial charge is 0.239 e. The van der Waals surface area contributed by atoms with Gasteiger partial charge in [-0.25, -0.2) is 4.98 Å². The summed E-state index contributed by atoms with van der Waals surface area (Å²) >= 11 is 7.30. The van der Waals surface area contributed by atoms with Crippen LogP contribution in [0, 0.1) is 0 Å². The van der Waals surface area contributed by atoms with Crippen molar-refractivity contribution in [2.75, 3.05) is 18.0 Å². The molecule has 1 N–H and O–H groups in total. The molecule has 0 atom stereocenters. The van der Waals surface area contributed by atoms with Crippen molar-refractivity contribution in [1.82, 2.24) is 14.7 Å². The van der Waals surface area contributed by atoms with E-state index in [-0.39, 0.29) is 12.5 Å². The van der Waals surface area contributed by atoms with E-state index in [0.717, 1.165) is 41.3 Å². The number of carbonyl (C=O) groups excluding carboxylic acids is 1. The molecule has 158 valence electrons. The molecule has 0 spiro atoms. The first kappa shape index (κ1) is 22.2. The maximum atomic E-state index is 12.5. The Labute approximate surface area is 187 Å². The molecule has 0 unspecified atom stereocenters. The maximum absolute atomic E-state index is 12.5. The first-order valence-electron chi connectivity index (χ1n) is 10.3. The molecule has 0 saturated carbocycles. The van der Waals surface area contributed by atoms with E-state index < -0.39 is 0 Å². The summed E-state index contributed by atoms with van der Waals surface area (Å²) in [6, 6.07) is 17.8. The van der Waals surface area contributed by atoms with Gasteiger partial charge < -0.3 is 10.2 Å². The van der Waals surface area contributed by atoms with Gasteiger partial charge in [-0.3, -0.25) is 4.79 Å². The van der Waals surface area contributed by atoms with Crippen LogP contribution in [0.3, 0.4) is 0 Å². The third-order valence-electron chi connectivity index (χ3n) is 4.66. The topological polar surface area (TPSA) is 58.1 Å². The van der Waals surface area contributed by atoms with Crippen LogP contribution in [0.2, 0.25) is 5.02 Å². The van der Waals surface area contributed by atoms with Gasteiger partial charge in [-0.05, 0) is 29.7 Å². The second-order valence-electron chi connectivity index (χ2n) is 7.20. The fourth-order valence-corrected chi connectivity index (χ4v) is 3.87. The molecule has 0 saturated heterocycles. The molecule has 5 nitrogen and oxygen atoms in total. The minimum Gasteiger partial charge on any atom is -0.355 e. The van der Waals surface area contributed by atoms with Gasteiger partial charge in [0.15, 0.2) is 0 Å². The van der Waals surface area contributed by atoms with Crippen LogP contribution in [0.15, 0.2) is 54.6 Å². The zero-order valence-corrected chi connectivity index (χ0v) is 18.8. The lowest BCUT2D eigenvalue weighted by molar-refractivity contribution is -0.119. The molecule has 3 rings (SSSR count). The molecule has 0 bridgehead atoms. The molecule has 1 amide bonds. The molecular weight excluding hydrogens is 416 g/mol. The Balaban J connectivity index is 1.68. The van der Waals surface area contributed by atoms with Crippen LogP contribution in [-0.2, 0) is 17.8 Å². The van der Waals surface area contributed by atoms with Crippen LogP contribution in [0.1, 0.15) is 43.1 Å². The Hall–Kier alpha value is -2.44. The Morgan fingerprint density at radius 2 is 1.83 bits per heavy atom. The van der Waals surface area contributed by atoms with Crippen LogP contribution in [0.4, 0.5) is 5.13 Å². The third kappa shape index (κ3) is 7.11. The van der Waals surface area contributed by atoms with Gasteiger partial charge in [0.05, 0.1) is 6.54 Å². The highest BCUT2D eigenvalue weighted by Crippen LogP contribution is 2.21. The van der Waals surface area contributed by atoms with Crippen LogP contribution in [-0.4, -0.2) is 28.4 Å². The summed E-state index contributed by atoms with van der Waals surface area (Å²) in [5.41, 5.74) is 2.23. The van der Waals surface area contributed by atoms with Gasteiger partial charge in [-0.15, -0.1) is 0 Å². The quantitative estimate of drug-likeness (QED) is 0.420. The Bertz CT molecular complexity index is 914. The summed E-state index contributed by atoms with van der Waals surface area (Å²) < 4.78 is 4.51. The van der Waals surface area contributed by atoms with E-state index >= 15 is 0 Å². The van der Waals surface area contributed by atoms with E-state index in [2.05, 4.69) is 28.7 Å². The first-order valence-corrected chi connectivity index (χ1v) is 11.4. The van der Waals surface area contributed by atoms with Crippen molar-refractivity contribution < 1.29 is 4.79 Å². The van der Waals surface area contributed by atoms with E-state index in [9.17, 15) is 4.79 Å². The Morgan fingerprint density at radius 3 is 2.57 bits per heavy atom. The molecule has 0 aliphatic carbocycles. The number of benzene rings is 2. The second kappa shape index (κ2) is 11.7. The minimum atomic E-state index is 0.0106. The summed E-state index contributed by atoms with van der Waals surface area (Å²) in [5, 5.41) is 4.49. The monoisotopic (exact) mass is 442 g/mol. The summed E-state index contributed by atoms with van der Waals surface area (Å²) in [6.07, 6.45) is 3.90. The normalized spacial score (nSPS) is 10.7. The number of hydrogen-bond donors (Lipinski definition) is 1. The largest absolute Gasteiger partial charge is 0.355 e. The lowest BCUT2D eigenvalue weighted by atomic mass is 10.1. The van der Waals surface area contributed by atoms with Gasteiger partial charge in [0, 0.05) is 36.1 Å². The number of amides is 1. The fourth-order valence-electron chi connectivity index (χ4n) is 3.06. The summed E-state index contributed by atoms with van der Waals surface area (Å²) in [5.74, 6) is 0.759. The van der Waals surface area contributed by atoms with Crippen molar-refractivity contribution in [3.8, 4) is 0 Å². The van der Waals surface area contributed by atoms with Crippen LogP contribution >= 0.6 is 23.1 Å². The van der Waals surface area contributed by atoms with Crippen LogP contribution in [0.5, 0.6) is 0 Å². The number of nitrogens with one attached hydrogen (secondary N) is 1. The van der Waals surface area contributed by atoms with Crippen molar-refractivity contribution in [3.05, 3.63) is 76.6 Å². The van der Waals surface area contributed by atoms with E-state index in [0.29, 0.717) is 24.5 Å². The zero-order valence-electron chi connectivity index (χ0n) is 17.2. The van der Waals surface area contributed by atoms with Gasteiger partial charge in [-0.2, -0.15) is 4.37 Å². The predicted molar refractivity (Wildman–Crippen MR) is 124 cm³/mol. The maximum Gasteiger partial charge on any atom is 0.239 e. The Kier molecular flexibility index (Phi) is 8.66. The SMILES string of the molecule is CCCCCNC(=O)CN(Cc1ccccc1)c1nc(Cc2ccc(Cl)cc2)ns1. The van der Waals surface area contributed by atoms with Crippen molar-refractivity contribution >= 4 is 34.2 Å². The molecule has 3 aromatic rings. The van der Waals surface area contributed by atoms with Crippen molar-refractivity contribution in [2.24, 2.45) is 0 Å². The van der Waals surface area contributed by atoms with Gasteiger partial charge in [0.25, 0.3) is 0 Å².